The monoisotopic (exact) mass is 1910 g/mol. The quantitative estimate of drug-likeness (QED) is 0.0176. The maximum absolute atomic E-state index is 14.7. The average Bonchev–Trinajstić information content (AvgIpc) is 1.65. The lowest BCUT2D eigenvalue weighted by Gasteiger charge is -2.26. The van der Waals surface area contributed by atoms with Gasteiger partial charge in [0.05, 0.1) is 64.7 Å². The van der Waals surface area contributed by atoms with E-state index in [0.717, 1.165) is 30.4 Å². The highest BCUT2D eigenvalue weighted by Crippen LogP contribution is 2.57. The summed E-state index contributed by atoms with van der Waals surface area (Å²) >= 11 is 0. The topological polar surface area (TPSA) is 878 Å². The number of aliphatic hydroxyl groups is 2. The molecule has 0 aliphatic carbocycles. The van der Waals surface area contributed by atoms with Gasteiger partial charge in [-0.2, -0.15) is 44.9 Å². The average molecular weight is 1910 g/mol. The zero-order chi connectivity index (χ0) is 91.0. The number of aromatic amines is 3. The van der Waals surface area contributed by atoms with Gasteiger partial charge in [0.15, 0.2) is 33.5 Å². The molecule has 129 heavy (non-hydrogen) atoms. The lowest BCUT2D eigenvalue weighted by atomic mass is 10.2. The molecule has 6 saturated heterocycles. The van der Waals surface area contributed by atoms with Crippen molar-refractivity contribution < 1.29 is 131 Å². The number of hydrogen-bond donors (Lipinski definition) is 16. The molecule has 692 valence electrons. The lowest BCUT2D eigenvalue weighted by Crippen LogP contribution is -2.32. The third-order valence-corrected chi connectivity index (χ3v) is 26.3. The van der Waals surface area contributed by atoms with Crippen molar-refractivity contribution in [2.24, 2.45) is 0 Å². The summed E-state index contributed by atoms with van der Waals surface area (Å²) < 4.78 is 175. The Morgan fingerprint density at radius 3 is 0.884 bits per heavy atom. The second-order valence-electron chi connectivity index (χ2n) is 29.5. The Morgan fingerprint density at radius 2 is 0.597 bits per heavy atom. The van der Waals surface area contributed by atoms with Crippen LogP contribution in [0.15, 0.2) is 84.9 Å². The first-order valence-electron chi connectivity index (χ1n) is 38.1. The first-order chi connectivity index (χ1) is 61.2. The largest absolute Gasteiger partial charge is 0.472 e. The Hall–Kier alpha value is -10.9. The number of aliphatic hydroxyl groups excluding tert-OH is 2. The van der Waals surface area contributed by atoms with Crippen LogP contribution in [0.5, 0.6) is 0 Å². The number of nitrogen functional groups attached to an aromatic ring is 6. The number of ether oxygens (including phenoxy) is 6. The molecular weight excluding hydrogens is 1840 g/mol. The molecule has 0 bridgehead atoms. The summed E-state index contributed by atoms with van der Waals surface area (Å²) in [6, 6.07) is 0. The summed E-state index contributed by atoms with van der Waals surface area (Å²) in [5.41, 5.74) is 29.1. The second-order valence-corrected chi connectivity index (χ2v) is 36.6. The van der Waals surface area contributed by atoms with Crippen LogP contribution in [0.25, 0.3) is 50.8 Å². The number of phosphoric acid groups is 5. The van der Waals surface area contributed by atoms with E-state index in [9.17, 15) is 86.3 Å². The van der Waals surface area contributed by atoms with Crippen molar-refractivity contribution in [2.75, 3.05) is 74.0 Å². The molecule has 5 unspecified atom stereocenters. The Labute approximate surface area is 711 Å². The van der Waals surface area contributed by atoms with E-state index in [4.69, 9.17) is 108 Å². The molecule has 6 fully saturated rings. The number of rotatable bonds is 32. The summed E-state index contributed by atoms with van der Waals surface area (Å²) in [4.78, 5) is 189. The molecular formula is C60H73N30O34P5. The summed E-state index contributed by atoms with van der Waals surface area (Å²) in [6.07, 6.45) is -18.6. The fourth-order valence-electron chi connectivity index (χ4n) is 15.5. The standard InChI is InChI=1S/C60H73N30O34P5/c61-49-70-43-40(46(93)73-49)67-19-88(43)34-7-22(92)29(115-34)14-109-125(99,100)123-26-11-38(89-20-68-41-44(89)71-50(62)74-47(41)94)118-32(26)17-113-129(107,108)124-27-12-39(90-21-69-42-45(90)72-51(63)75-48(42)95)119-33(27)18-112-128(105,106)122-25-10-37(84-3-6-87-57(84)78-54(66)81-60(87)98)117-31(25)16-111-127(103,104)121-24-9-36(83-2-5-86-56(83)77-53(65)80-59(86)97)116-30(24)15-110-126(101,102)120-23-8-35(114-28(23)13-91)82-1-4-85-55(82)76-52(64)79-58(85)96/h1-6,19-39,91-92H,7-18H2,(H,99,100)(H,101,102)(H,103,104)(H,105,106)(H,107,108)(H2,64,79,96)(H2,65,80,97)(H2,66,81,98)(H3,61,70,73,93)(H3,62,71,74,94)(H3,63,72,75,95)/t22-,23-,24-,25-,26-,27-,28+,29+,30+,31+,32+,33+,34+,35+,36+,37+,38+,39+/m0/s1. The normalized spacial score (nSPS) is 28.6. The lowest BCUT2D eigenvalue weighted by molar-refractivity contribution is -0.0638. The Bertz CT molecular complexity index is 7010. The smallest absolute Gasteiger partial charge is 0.394 e. The van der Waals surface area contributed by atoms with Crippen LogP contribution in [0.3, 0.4) is 0 Å². The molecule has 12 aromatic rings. The van der Waals surface area contributed by atoms with Gasteiger partial charge in [-0.25, -0.2) is 65.4 Å². The summed E-state index contributed by atoms with van der Waals surface area (Å²) in [5, 5.41) is 21.4. The third kappa shape index (κ3) is 18.2. The molecule has 0 aromatic carbocycles. The SMILES string of the molecule is Nc1nc(=O)n2ccn([C@H]3C[C@H](OP(=O)(O)OC[C@H]4O[C@@H](n5ccn6c(=O)nc(N)nc56)C[C@@H]4OP(=O)(O)OC[C@H]4O[C@@H](n5ccn6c(=O)nc(N)nc56)C[C@@H]4OP(=O)(O)OC[C@H]4O[C@@H](n5cnc6c(=O)[nH]c(N)nc65)C[C@@H]4OP(=O)(O)OC[C@H]4O[C@@H](n5cnc6c(=O)[nH]c(N)nc65)C[C@@H]4OP(=O)(O)OC[C@H]4O[C@@H](n5cnc6c(=O)[nH]c(N)nc65)C[C@@H]4O)[C@@H](CO)O3)c2n1. The number of nitrogens with two attached hydrogens (primary N) is 6. The maximum atomic E-state index is 14.7. The molecule has 0 spiro atoms. The number of nitrogens with one attached hydrogen (secondary N) is 3. The highest BCUT2D eigenvalue weighted by molar-refractivity contribution is 7.48. The van der Waals surface area contributed by atoms with Gasteiger partial charge in [-0.3, -0.25) is 102 Å². The van der Waals surface area contributed by atoms with E-state index in [1.807, 2.05) is 0 Å². The third-order valence-electron chi connectivity index (χ3n) is 21.2. The molecule has 0 saturated carbocycles. The van der Waals surface area contributed by atoms with Crippen molar-refractivity contribution in [1.29, 1.82) is 0 Å². The van der Waals surface area contributed by atoms with Gasteiger partial charge in [0.1, 0.15) is 105 Å². The van der Waals surface area contributed by atoms with E-state index >= 15 is 0 Å². The molecule has 22 N–H and O–H groups in total. The minimum absolute atomic E-state index is 0.0120. The van der Waals surface area contributed by atoms with Gasteiger partial charge in [-0.15, -0.1) is 0 Å². The van der Waals surface area contributed by atoms with E-state index in [0.29, 0.717) is 0 Å². The number of hydrogen-bond acceptors (Lipinski definition) is 47. The van der Waals surface area contributed by atoms with Crippen LogP contribution in [0.4, 0.5) is 35.7 Å². The van der Waals surface area contributed by atoms with Crippen LogP contribution in [0.2, 0.25) is 0 Å². The molecule has 0 radical (unpaired) electrons. The van der Waals surface area contributed by atoms with Gasteiger partial charge in [0.2, 0.25) is 53.0 Å². The number of imidazole rings is 6. The van der Waals surface area contributed by atoms with Gasteiger partial charge in [0.25, 0.3) is 16.7 Å². The predicted octanol–water partition coefficient (Wildman–Crippen LogP) is -4.82. The Balaban J connectivity index is 0.573. The number of H-pyrrole nitrogens is 3. The molecule has 69 heteroatoms. The fraction of sp³-hybridized carbons (Fsp3) is 0.500. The first kappa shape index (κ1) is 88.8. The van der Waals surface area contributed by atoms with E-state index in [1.165, 1.54) is 66.3 Å². The number of fused-ring (bicyclic) bond motifs is 6. The maximum Gasteiger partial charge on any atom is 0.472 e. The van der Waals surface area contributed by atoms with Gasteiger partial charge < -0.3 is 97.5 Å². The minimum atomic E-state index is -5.69. The summed E-state index contributed by atoms with van der Waals surface area (Å²) in [6.45, 7) is -5.96. The zero-order valence-electron chi connectivity index (χ0n) is 65.3. The molecule has 6 aliphatic heterocycles. The molecule has 23 atom stereocenters. The highest BCUT2D eigenvalue weighted by atomic mass is 31.2. The van der Waals surface area contributed by atoms with Crippen LogP contribution in [-0.2, 0) is 96.5 Å². The van der Waals surface area contributed by atoms with Gasteiger partial charge in [0, 0.05) is 75.7 Å². The van der Waals surface area contributed by atoms with Crippen LogP contribution < -0.4 is 68.1 Å². The minimum Gasteiger partial charge on any atom is -0.394 e. The number of phosphoric ester groups is 5. The highest BCUT2D eigenvalue weighted by Gasteiger charge is 2.52. The fourth-order valence-corrected chi connectivity index (χ4v) is 20.3. The number of nitrogens with zero attached hydrogens (tertiary/aromatic N) is 21. The molecule has 6 aliphatic rings. The van der Waals surface area contributed by atoms with Crippen molar-refractivity contribution in [3.63, 3.8) is 0 Å². The van der Waals surface area contributed by atoms with Crippen molar-refractivity contribution in [1.82, 2.24) is 115 Å². The molecule has 0 amide bonds. The van der Waals surface area contributed by atoms with Crippen LogP contribution in [0.1, 0.15) is 75.9 Å². The van der Waals surface area contributed by atoms with Gasteiger partial charge in [-0.05, 0) is 0 Å². The van der Waals surface area contributed by atoms with Crippen molar-refractivity contribution in [3.05, 3.63) is 119 Å². The van der Waals surface area contributed by atoms with E-state index < -0.39 is 267 Å². The Kier molecular flexibility index (Phi) is 23.5. The molecule has 12 aromatic heterocycles. The Morgan fingerprint density at radius 1 is 0.349 bits per heavy atom. The van der Waals surface area contributed by atoms with Crippen molar-refractivity contribution in [2.45, 2.75) is 149 Å². The van der Waals surface area contributed by atoms with E-state index in [1.54, 1.807) is 0 Å². The van der Waals surface area contributed by atoms with E-state index in [-0.39, 0.29) is 81.5 Å². The van der Waals surface area contributed by atoms with Crippen LogP contribution >= 0.6 is 39.1 Å². The predicted molar refractivity (Wildman–Crippen MR) is 420 cm³/mol. The second kappa shape index (κ2) is 34.1. The van der Waals surface area contributed by atoms with Crippen molar-refractivity contribution >= 4 is 126 Å². The van der Waals surface area contributed by atoms with Crippen LogP contribution in [0, 0.1) is 0 Å². The zero-order valence-corrected chi connectivity index (χ0v) is 69.8. The molecule has 64 nitrogen and oxygen atoms in total. The molecule has 18 heterocycles. The number of aromatic nitrogens is 24. The van der Waals surface area contributed by atoms with Gasteiger partial charge in [-0.1, -0.05) is 0 Å². The van der Waals surface area contributed by atoms with Crippen LogP contribution in [-0.4, -0.2) is 263 Å². The first-order valence-corrected chi connectivity index (χ1v) is 45.6. The van der Waals surface area contributed by atoms with Gasteiger partial charge >= 0.3 is 56.2 Å². The summed E-state index contributed by atoms with van der Waals surface area (Å²) in [5.74, 6) is -2.84. The van der Waals surface area contributed by atoms with E-state index in [2.05, 4.69) is 74.8 Å². The number of anilines is 6. The summed E-state index contributed by atoms with van der Waals surface area (Å²) in [7, 11) is -27.6. The molecule has 18 rings (SSSR count). The van der Waals surface area contributed by atoms with Crippen molar-refractivity contribution in [3.8, 4) is 0 Å².